The summed E-state index contributed by atoms with van der Waals surface area (Å²) >= 11 is 0. The molecule has 0 N–H and O–H groups in total. The summed E-state index contributed by atoms with van der Waals surface area (Å²) in [6, 6.07) is 8.32. The van der Waals surface area contributed by atoms with Gasteiger partial charge < -0.3 is 4.74 Å². The molecule has 0 aliphatic carbocycles. The minimum absolute atomic E-state index is 0.0967. The van der Waals surface area contributed by atoms with Gasteiger partial charge in [0.15, 0.2) is 0 Å². The van der Waals surface area contributed by atoms with Gasteiger partial charge in [-0.1, -0.05) is 38.1 Å². The molecule has 0 atom stereocenters. The van der Waals surface area contributed by atoms with Crippen LogP contribution in [0.1, 0.15) is 33.3 Å². The average Bonchev–Trinajstić information content (AvgIpc) is 2.19. The molecular weight excluding hydrogens is 184 g/mol. The van der Waals surface area contributed by atoms with E-state index in [1.165, 1.54) is 5.56 Å². The van der Waals surface area contributed by atoms with Crippen LogP contribution in [0.15, 0.2) is 36.4 Å². The molecule has 1 rings (SSSR count). The zero-order valence-corrected chi connectivity index (χ0v) is 10.1. The van der Waals surface area contributed by atoms with Gasteiger partial charge in [-0.3, -0.25) is 0 Å². The van der Waals surface area contributed by atoms with Crippen LogP contribution in [0.2, 0.25) is 0 Å². The third kappa shape index (κ3) is 3.12. The minimum Gasteiger partial charge on any atom is -0.494 e. The Hall–Kier alpha value is -1.24. The third-order valence-electron chi connectivity index (χ3n) is 2.49. The maximum atomic E-state index is 5.42. The van der Waals surface area contributed by atoms with E-state index in [1.807, 2.05) is 19.1 Å². The first-order chi connectivity index (χ1) is 7.10. The van der Waals surface area contributed by atoms with Gasteiger partial charge in [0.25, 0.3) is 0 Å². The van der Waals surface area contributed by atoms with Crippen LogP contribution in [0.3, 0.4) is 0 Å². The normalized spacial score (nSPS) is 12.0. The maximum absolute atomic E-state index is 5.42. The van der Waals surface area contributed by atoms with E-state index < -0.39 is 0 Å². The molecule has 0 amide bonds. The van der Waals surface area contributed by atoms with Gasteiger partial charge in [0.2, 0.25) is 0 Å². The quantitative estimate of drug-likeness (QED) is 0.675. The summed E-state index contributed by atoms with van der Waals surface area (Å²) in [6.45, 7) is 9.19. The molecule has 0 saturated heterocycles. The first-order valence-electron chi connectivity index (χ1n) is 5.47. The van der Waals surface area contributed by atoms with Gasteiger partial charge in [0.05, 0.1) is 6.61 Å². The first-order valence-corrected chi connectivity index (χ1v) is 5.47. The first kappa shape index (κ1) is 11.8. The Morgan fingerprint density at radius 1 is 1.20 bits per heavy atom. The van der Waals surface area contributed by atoms with Crippen LogP contribution >= 0.6 is 0 Å². The third-order valence-corrected chi connectivity index (χ3v) is 2.49. The lowest BCUT2D eigenvalue weighted by atomic mass is 9.84. The highest BCUT2D eigenvalue weighted by atomic mass is 16.5. The molecule has 0 unspecified atom stereocenters. The fourth-order valence-corrected chi connectivity index (χ4v) is 1.66. The monoisotopic (exact) mass is 204 g/mol. The highest BCUT2D eigenvalue weighted by Gasteiger charge is 2.15. The predicted octanol–water partition coefficient (Wildman–Crippen LogP) is 3.94. The predicted molar refractivity (Wildman–Crippen MR) is 65.5 cm³/mol. The van der Waals surface area contributed by atoms with Crippen LogP contribution in [-0.2, 0) is 5.41 Å². The highest BCUT2D eigenvalue weighted by Crippen LogP contribution is 2.26. The number of rotatable bonds is 4. The zero-order chi connectivity index (χ0) is 11.3. The number of benzene rings is 1. The molecule has 0 fully saturated rings. The molecule has 15 heavy (non-hydrogen) atoms. The van der Waals surface area contributed by atoms with E-state index in [0.717, 1.165) is 12.4 Å². The van der Waals surface area contributed by atoms with Crippen molar-refractivity contribution < 1.29 is 4.74 Å². The average molecular weight is 204 g/mol. The molecule has 1 heteroatoms. The second-order valence-electron chi connectivity index (χ2n) is 4.18. The van der Waals surface area contributed by atoms with Crippen molar-refractivity contribution in [3.63, 3.8) is 0 Å². The SMILES string of the molecule is CC=CC(C)(C)c1ccc(OCC)cc1. The fourth-order valence-electron chi connectivity index (χ4n) is 1.66. The molecule has 1 aromatic carbocycles. The van der Waals surface area contributed by atoms with Crippen LogP contribution < -0.4 is 4.74 Å². The van der Waals surface area contributed by atoms with Crippen LogP contribution in [0.4, 0.5) is 0 Å². The van der Waals surface area contributed by atoms with E-state index in [4.69, 9.17) is 4.74 Å². The smallest absolute Gasteiger partial charge is 0.119 e. The maximum Gasteiger partial charge on any atom is 0.119 e. The van der Waals surface area contributed by atoms with Crippen molar-refractivity contribution in [2.24, 2.45) is 0 Å². The van der Waals surface area contributed by atoms with Crippen LogP contribution in [0, 0.1) is 0 Å². The summed E-state index contributed by atoms with van der Waals surface area (Å²) in [5.41, 5.74) is 1.41. The lowest BCUT2D eigenvalue weighted by Gasteiger charge is -2.21. The van der Waals surface area contributed by atoms with E-state index >= 15 is 0 Å². The molecule has 1 nitrogen and oxygen atoms in total. The molecule has 0 aliphatic rings. The molecule has 1 aromatic rings. The molecular formula is C14H20O. The van der Waals surface area contributed by atoms with Gasteiger partial charge in [-0.05, 0) is 31.5 Å². The van der Waals surface area contributed by atoms with Crippen molar-refractivity contribution in [1.82, 2.24) is 0 Å². The van der Waals surface area contributed by atoms with Crippen molar-refractivity contribution >= 4 is 0 Å². The van der Waals surface area contributed by atoms with E-state index in [0.29, 0.717) is 0 Å². The Balaban J connectivity index is 2.88. The Bertz CT molecular complexity index is 320. The van der Waals surface area contributed by atoms with Crippen LogP contribution in [-0.4, -0.2) is 6.61 Å². The summed E-state index contributed by atoms with van der Waals surface area (Å²) in [5.74, 6) is 0.942. The van der Waals surface area contributed by atoms with Crippen molar-refractivity contribution in [3.8, 4) is 5.75 Å². The Morgan fingerprint density at radius 3 is 2.27 bits per heavy atom. The number of allylic oxidation sites excluding steroid dienone is 2. The lowest BCUT2D eigenvalue weighted by Crippen LogP contribution is -2.12. The molecule has 0 radical (unpaired) electrons. The summed E-state index contributed by atoms with van der Waals surface area (Å²) < 4.78 is 5.42. The van der Waals surface area contributed by atoms with Crippen molar-refractivity contribution in [1.29, 1.82) is 0 Å². The van der Waals surface area contributed by atoms with E-state index in [2.05, 4.69) is 45.1 Å². The largest absolute Gasteiger partial charge is 0.494 e. The number of hydrogen-bond donors (Lipinski definition) is 0. The summed E-state index contributed by atoms with van der Waals surface area (Å²) in [7, 11) is 0. The van der Waals surface area contributed by atoms with Crippen LogP contribution in [0.25, 0.3) is 0 Å². The Kier molecular flexibility index (Phi) is 3.96. The second kappa shape index (κ2) is 5.01. The van der Waals surface area contributed by atoms with Gasteiger partial charge in [-0.2, -0.15) is 0 Å². The van der Waals surface area contributed by atoms with E-state index in [1.54, 1.807) is 0 Å². The molecule has 0 bridgehead atoms. The standard InChI is InChI=1S/C14H20O/c1-5-11-14(3,4)12-7-9-13(10-8-12)15-6-2/h5,7-11H,6H2,1-4H3. The molecule has 0 saturated carbocycles. The molecule has 0 spiro atoms. The van der Waals surface area contributed by atoms with Gasteiger partial charge >= 0.3 is 0 Å². The molecule has 0 aliphatic heterocycles. The van der Waals surface area contributed by atoms with Gasteiger partial charge in [-0.15, -0.1) is 0 Å². The van der Waals surface area contributed by atoms with Gasteiger partial charge in [-0.25, -0.2) is 0 Å². The van der Waals surface area contributed by atoms with E-state index in [9.17, 15) is 0 Å². The summed E-state index contributed by atoms with van der Waals surface area (Å²) in [5, 5.41) is 0. The molecule has 0 heterocycles. The molecule has 0 aromatic heterocycles. The second-order valence-corrected chi connectivity index (χ2v) is 4.18. The Labute approximate surface area is 92.8 Å². The van der Waals surface area contributed by atoms with Gasteiger partial charge in [0, 0.05) is 5.41 Å². The zero-order valence-electron chi connectivity index (χ0n) is 10.1. The van der Waals surface area contributed by atoms with Crippen molar-refractivity contribution in [2.75, 3.05) is 6.61 Å². The summed E-state index contributed by atoms with van der Waals surface area (Å²) in [6.07, 6.45) is 4.30. The minimum atomic E-state index is 0.0967. The van der Waals surface area contributed by atoms with Crippen molar-refractivity contribution in [2.45, 2.75) is 33.1 Å². The Morgan fingerprint density at radius 2 is 1.80 bits per heavy atom. The van der Waals surface area contributed by atoms with Crippen LogP contribution in [0.5, 0.6) is 5.75 Å². The highest BCUT2D eigenvalue weighted by molar-refractivity contribution is 5.34. The number of ether oxygens (including phenoxy) is 1. The summed E-state index contributed by atoms with van der Waals surface area (Å²) in [4.78, 5) is 0. The number of hydrogen-bond acceptors (Lipinski definition) is 1. The fraction of sp³-hybridized carbons (Fsp3) is 0.429. The van der Waals surface area contributed by atoms with Gasteiger partial charge in [0.1, 0.15) is 5.75 Å². The van der Waals surface area contributed by atoms with Crippen molar-refractivity contribution in [3.05, 3.63) is 42.0 Å². The topological polar surface area (TPSA) is 9.23 Å². The van der Waals surface area contributed by atoms with E-state index in [-0.39, 0.29) is 5.41 Å². The lowest BCUT2D eigenvalue weighted by molar-refractivity contribution is 0.340. The molecule has 82 valence electrons.